The lowest BCUT2D eigenvalue weighted by Gasteiger charge is -2.07. The standard InChI is InChI=1S/C12H17FN2OS/c1-2-3-4-7-17-11-6-5-9(13)8-10(11)12(14)15-16/h5-6,8,16H,2-4,7H2,1H3,(H2,14,15). The number of nitrogens with two attached hydrogens (primary N) is 1. The number of halogens is 1. The van der Waals surface area contributed by atoms with Crippen LogP contribution < -0.4 is 5.73 Å². The number of hydrogen-bond donors (Lipinski definition) is 2. The fourth-order valence-electron chi connectivity index (χ4n) is 1.42. The van der Waals surface area contributed by atoms with Crippen LogP contribution in [-0.2, 0) is 0 Å². The van der Waals surface area contributed by atoms with Gasteiger partial charge in [-0.1, -0.05) is 24.9 Å². The van der Waals surface area contributed by atoms with Gasteiger partial charge in [0.2, 0.25) is 0 Å². The number of unbranched alkanes of at least 4 members (excludes halogenated alkanes) is 2. The summed E-state index contributed by atoms with van der Waals surface area (Å²) in [6.45, 7) is 2.14. The Morgan fingerprint density at radius 3 is 2.88 bits per heavy atom. The Kier molecular flexibility index (Phi) is 5.83. The summed E-state index contributed by atoms with van der Waals surface area (Å²) in [5, 5.41) is 11.6. The third-order valence-corrected chi connectivity index (χ3v) is 3.49. The van der Waals surface area contributed by atoms with E-state index in [2.05, 4.69) is 12.1 Å². The monoisotopic (exact) mass is 256 g/mol. The fraction of sp³-hybridized carbons (Fsp3) is 0.417. The third kappa shape index (κ3) is 4.26. The second kappa shape index (κ2) is 7.17. The molecule has 3 N–H and O–H groups in total. The molecule has 0 radical (unpaired) electrons. The van der Waals surface area contributed by atoms with Crippen molar-refractivity contribution in [2.75, 3.05) is 5.75 Å². The molecule has 0 aliphatic rings. The second-order valence-corrected chi connectivity index (χ2v) is 4.82. The van der Waals surface area contributed by atoms with Crippen LogP contribution in [0.3, 0.4) is 0 Å². The normalized spacial score (nSPS) is 11.8. The molecule has 0 amide bonds. The van der Waals surface area contributed by atoms with Crippen molar-refractivity contribution in [3.05, 3.63) is 29.6 Å². The Morgan fingerprint density at radius 2 is 2.24 bits per heavy atom. The molecule has 1 aromatic carbocycles. The maximum atomic E-state index is 13.1. The maximum Gasteiger partial charge on any atom is 0.171 e. The van der Waals surface area contributed by atoms with Crippen LogP contribution in [0.5, 0.6) is 0 Å². The summed E-state index contributed by atoms with van der Waals surface area (Å²) < 4.78 is 13.1. The molecule has 0 saturated heterocycles. The lowest BCUT2D eigenvalue weighted by molar-refractivity contribution is 0.318. The van der Waals surface area contributed by atoms with Crippen molar-refractivity contribution in [1.29, 1.82) is 0 Å². The van der Waals surface area contributed by atoms with Gasteiger partial charge in [0.15, 0.2) is 5.84 Å². The predicted octanol–water partition coefficient (Wildman–Crippen LogP) is 3.20. The average Bonchev–Trinajstić information content (AvgIpc) is 2.35. The highest BCUT2D eigenvalue weighted by Gasteiger charge is 2.08. The van der Waals surface area contributed by atoms with Gasteiger partial charge < -0.3 is 10.9 Å². The van der Waals surface area contributed by atoms with Crippen LogP contribution in [0.2, 0.25) is 0 Å². The highest BCUT2D eigenvalue weighted by molar-refractivity contribution is 7.99. The van der Waals surface area contributed by atoms with Gasteiger partial charge in [-0.25, -0.2) is 4.39 Å². The third-order valence-electron chi connectivity index (χ3n) is 2.33. The SMILES string of the molecule is CCCCCSc1ccc(F)cc1/C(N)=N/O. The number of benzene rings is 1. The first kappa shape index (κ1) is 13.8. The van der Waals surface area contributed by atoms with E-state index in [-0.39, 0.29) is 11.7 Å². The summed E-state index contributed by atoms with van der Waals surface area (Å²) in [5.74, 6) is 0.512. The predicted molar refractivity (Wildman–Crippen MR) is 69.2 cm³/mol. The van der Waals surface area contributed by atoms with Gasteiger partial charge in [0.05, 0.1) is 0 Å². The number of oxime groups is 1. The molecule has 0 aliphatic carbocycles. The molecule has 0 aromatic heterocycles. The minimum absolute atomic E-state index is 0.0532. The highest BCUT2D eigenvalue weighted by atomic mass is 32.2. The Bertz CT molecular complexity index is 396. The van der Waals surface area contributed by atoms with Gasteiger partial charge in [-0.15, -0.1) is 11.8 Å². The van der Waals surface area contributed by atoms with E-state index >= 15 is 0 Å². The molecule has 0 bridgehead atoms. The number of amidine groups is 1. The summed E-state index contributed by atoms with van der Waals surface area (Å²) in [5.41, 5.74) is 5.97. The van der Waals surface area contributed by atoms with E-state index in [1.165, 1.54) is 18.6 Å². The highest BCUT2D eigenvalue weighted by Crippen LogP contribution is 2.24. The molecule has 17 heavy (non-hydrogen) atoms. The molecule has 94 valence electrons. The molecule has 1 aromatic rings. The average molecular weight is 256 g/mol. The van der Waals surface area contributed by atoms with Gasteiger partial charge >= 0.3 is 0 Å². The van der Waals surface area contributed by atoms with Gasteiger partial charge in [-0.05, 0) is 30.4 Å². The molecule has 0 spiro atoms. The number of rotatable bonds is 6. The van der Waals surface area contributed by atoms with E-state index in [9.17, 15) is 4.39 Å². The van der Waals surface area contributed by atoms with Crippen molar-refractivity contribution in [1.82, 2.24) is 0 Å². The Hall–Kier alpha value is -1.23. The molecule has 0 atom stereocenters. The molecular weight excluding hydrogens is 239 g/mol. The van der Waals surface area contributed by atoms with Crippen molar-refractivity contribution in [3.63, 3.8) is 0 Å². The van der Waals surface area contributed by atoms with Crippen LogP contribution in [0.4, 0.5) is 4.39 Å². The number of nitrogens with zero attached hydrogens (tertiary/aromatic N) is 1. The summed E-state index contributed by atoms with van der Waals surface area (Å²) in [4.78, 5) is 0.845. The zero-order chi connectivity index (χ0) is 12.7. The van der Waals surface area contributed by atoms with Crippen LogP contribution in [0.1, 0.15) is 31.7 Å². The Morgan fingerprint density at radius 1 is 1.47 bits per heavy atom. The van der Waals surface area contributed by atoms with Crippen LogP contribution in [0.25, 0.3) is 0 Å². The summed E-state index contributed by atoms with van der Waals surface area (Å²) in [7, 11) is 0. The minimum Gasteiger partial charge on any atom is -0.409 e. The van der Waals surface area contributed by atoms with Crippen molar-refractivity contribution >= 4 is 17.6 Å². The van der Waals surface area contributed by atoms with E-state index in [4.69, 9.17) is 10.9 Å². The van der Waals surface area contributed by atoms with Gasteiger partial charge in [-0.3, -0.25) is 0 Å². The summed E-state index contributed by atoms with van der Waals surface area (Å²) in [6, 6.07) is 4.34. The van der Waals surface area contributed by atoms with Crippen LogP contribution in [-0.4, -0.2) is 16.8 Å². The van der Waals surface area contributed by atoms with Crippen molar-refractivity contribution < 1.29 is 9.60 Å². The van der Waals surface area contributed by atoms with Crippen molar-refractivity contribution in [3.8, 4) is 0 Å². The Balaban J connectivity index is 2.76. The van der Waals surface area contributed by atoms with Gasteiger partial charge in [0, 0.05) is 10.5 Å². The molecular formula is C12H17FN2OS. The largest absolute Gasteiger partial charge is 0.409 e. The summed E-state index contributed by atoms with van der Waals surface area (Å²) in [6.07, 6.45) is 3.44. The molecule has 0 heterocycles. The van der Waals surface area contributed by atoms with Gasteiger partial charge in [0.25, 0.3) is 0 Å². The minimum atomic E-state index is -0.385. The van der Waals surface area contributed by atoms with Crippen LogP contribution >= 0.6 is 11.8 Å². The zero-order valence-electron chi connectivity index (χ0n) is 9.82. The molecule has 1 rings (SSSR count). The molecule has 0 fully saturated rings. The van der Waals surface area contributed by atoms with Gasteiger partial charge in [0.1, 0.15) is 5.82 Å². The summed E-state index contributed by atoms with van der Waals surface area (Å²) >= 11 is 1.60. The van der Waals surface area contributed by atoms with Crippen molar-refractivity contribution in [2.45, 2.75) is 31.1 Å². The number of hydrogen-bond acceptors (Lipinski definition) is 3. The smallest absolute Gasteiger partial charge is 0.171 e. The first-order valence-electron chi connectivity index (χ1n) is 5.59. The first-order valence-corrected chi connectivity index (χ1v) is 6.57. The lowest BCUT2D eigenvalue weighted by atomic mass is 10.2. The molecule has 0 saturated carbocycles. The molecule has 0 unspecified atom stereocenters. The van der Waals surface area contributed by atoms with Crippen LogP contribution in [0, 0.1) is 5.82 Å². The van der Waals surface area contributed by atoms with E-state index in [1.807, 2.05) is 0 Å². The lowest BCUT2D eigenvalue weighted by Crippen LogP contribution is -2.14. The van der Waals surface area contributed by atoms with Crippen molar-refractivity contribution in [2.24, 2.45) is 10.9 Å². The Labute approximate surface area is 105 Å². The van der Waals surface area contributed by atoms with E-state index < -0.39 is 0 Å². The first-order chi connectivity index (χ1) is 8.19. The fourth-order valence-corrected chi connectivity index (χ4v) is 2.47. The molecule has 3 nitrogen and oxygen atoms in total. The van der Waals surface area contributed by atoms with E-state index in [0.29, 0.717) is 5.56 Å². The maximum absolute atomic E-state index is 13.1. The van der Waals surface area contributed by atoms with E-state index in [1.54, 1.807) is 17.8 Å². The number of thioether (sulfide) groups is 1. The zero-order valence-corrected chi connectivity index (χ0v) is 10.6. The van der Waals surface area contributed by atoms with Crippen LogP contribution in [0.15, 0.2) is 28.3 Å². The second-order valence-electron chi connectivity index (χ2n) is 3.68. The molecule has 0 aliphatic heterocycles. The van der Waals surface area contributed by atoms with E-state index in [0.717, 1.165) is 23.5 Å². The van der Waals surface area contributed by atoms with Gasteiger partial charge in [-0.2, -0.15) is 0 Å². The quantitative estimate of drug-likeness (QED) is 0.205. The molecule has 5 heteroatoms. The topological polar surface area (TPSA) is 58.6 Å².